The number of likely N-dealkylation sites (tertiary alicyclic amines) is 1. The van der Waals surface area contributed by atoms with Crippen LogP contribution in [-0.4, -0.2) is 42.3 Å². The molecule has 0 aromatic carbocycles. The van der Waals surface area contributed by atoms with Crippen LogP contribution in [0.15, 0.2) is 33.4 Å². The van der Waals surface area contributed by atoms with Gasteiger partial charge in [-0.1, -0.05) is 5.16 Å². The lowest BCUT2D eigenvalue weighted by Crippen LogP contribution is -2.41. The van der Waals surface area contributed by atoms with E-state index < -0.39 is 0 Å². The van der Waals surface area contributed by atoms with Crippen molar-refractivity contribution in [3.63, 3.8) is 0 Å². The molecule has 22 heavy (non-hydrogen) atoms. The summed E-state index contributed by atoms with van der Waals surface area (Å²) in [6.45, 7) is 4.86. The third-order valence-corrected chi connectivity index (χ3v) is 3.86. The molecule has 0 radical (unpaired) electrons. The molecule has 0 spiro atoms. The predicted octanol–water partition coefficient (Wildman–Crippen LogP) is 2.82. The van der Waals surface area contributed by atoms with Crippen molar-refractivity contribution in [2.24, 2.45) is 5.92 Å². The smallest absolute Gasteiger partial charge is 0.276 e. The molecule has 118 valence electrons. The normalized spacial score (nSPS) is 18.6. The first-order chi connectivity index (χ1) is 10.8. The first-order valence-electron chi connectivity index (χ1n) is 7.65. The summed E-state index contributed by atoms with van der Waals surface area (Å²) in [5, 5.41) is 3.88. The summed E-state index contributed by atoms with van der Waals surface area (Å²) in [7, 11) is 0. The third kappa shape index (κ3) is 3.22. The van der Waals surface area contributed by atoms with Gasteiger partial charge in [0, 0.05) is 25.8 Å². The highest BCUT2D eigenvalue weighted by Crippen LogP contribution is 2.23. The molecule has 3 rings (SSSR count). The van der Waals surface area contributed by atoms with Crippen LogP contribution in [-0.2, 0) is 4.74 Å². The minimum Gasteiger partial charge on any atom is -0.461 e. The molecule has 6 heteroatoms. The van der Waals surface area contributed by atoms with Crippen molar-refractivity contribution in [3.8, 4) is 11.5 Å². The number of carbonyl (C=O) groups is 1. The number of carbonyl (C=O) groups excluding carboxylic acids is 1. The first kappa shape index (κ1) is 14.8. The minimum atomic E-state index is -0.0947. The molecule has 1 aliphatic heterocycles. The fourth-order valence-electron chi connectivity index (χ4n) is 2.74. The van der Waals surface area contributed by atoms with Gasteiger partial charge in [-0.15, -0.1) is 0 Å². The zero-order valence-electron chi connectivity index (χ0n) is 12.7. The van der Waals surface area contributed by atoms with Gasteiger partial charge in [0.1, 0.15) is 0 Å². The van der Waals surface area contributed by atoms with E-state index in [4.69, 9.17) is 13.7 Å². The topological polar surface area (TPSA) is 68.7 Å². The maximum atomic E-state index is 12.5. The second-order valence-electron chi connectivity index (χ2n) is 5.47. The van der Waals surface area contributed by atoms with Crippen LogP contribution in [0.25, 0.3) is 11.5 Å². The van der Waals surface area contributed by atoms with Gasteiger partial charge in [-0.25, -0.2) is 0 Å². The van der Waals surface area contributed by atoms with Crippen LogP contribution in [0.4, 0.5) is 0 Å². The summed E-state index contributed by atoms with van der Waals surface area (Å²) in [4.78, 5) is 14.4. The van der Waals surface area contributed by atoms with Gasteiger partial charge >= 0.3 is 0 Å². The SMILES string of the molecule is CCOCC1CCCN(C(=O)c2cc(-c3ccco3)on2)C1. The molecule has 6 nitrogen and oxygen atoms in total. The molecule has 1 amide bonds. The number of aromatic nitrogens is 1. The van der Waals surface area contributed by atoms with Crippen molar-refractivity contribution in [1.29, 1.82) is 0 Å². The Balaban J connectivity index is 1.66. The van der Waals surface area contributed by atoms with Gasteiger partial charge in [0.25, 0.3) is 5.91 Å². The first-order valence-corrected chi connectivity index (χ1v) is 7.65. The summed E-state index contributed by atoms with van der Waals surface area (Å²) >= 11 is 0. The lowest BCUT2D eigenvalue weighted by atomic mass is 9.98. The lowest BCUT2D eigenvalue weighted by molar-refractivity contribution is 0.0493. The number of hydrogen-bond acceptors (Lipinski definition) is 5. The van der Waals surface area contributed by atoms with E-state index in [0.29, 0.717) is 42.9 Å². The molecule has 2 aromatic heterocycles. The maximum absolute atomic E-state index is 12.5. The predicted molar refractivity (Wildman–Crippen MR) is 79.3 cm³/mol. The molecular formula is C16H20N2O4. The van der Waals surface area contributed by atoms with Crippen LogP contribution in [0.2, 0.25) is 0 Å². The molecular weight excluding hydrogens is 284 g/mol. The number of furan rings is 1. The van der Waals surface area contributed by atoms with Gasteiger partial charge in [-0.05, 0) is 37.8 Å². The molecule has 1 aliphatic rings. The van der Waals surface area contributed by atoms with E-state index in [9.17, 15) is 4.79 Å². The Morgan fingerprint density at radius 3 is 3.18 bits per heavy atom. The monoisotopic (exact) mass is 304 g/mol. The molecule has 2 aromatic rings. The van der Waals surface area contributed by atoms with Crippen molar-refractivity contribution in [2.45, 2.75) is 19.8 Å². The zero-order chi connectivity index (χ0) is 15.4. The standard InChI is InChI=1S/C16H20N2O4/c1-2-20-11-12-5-3-7-18(10-12)16(19)13-9-15(22-17-13)14-6-4-8-21-14/h4,6,8-9,12H,2-3,5,7,10-11H2,1H3. The average Bonchev–Trinajstić information content (AvgIpc) is 3.23. The van der Waals surface area contributed by atoms with Crippen LogP contribution in [0.3, 0.4) is 0 Å². The molecule has 1 saturated heterocycles. The summed E-state index contributed by atoms with van der Waals surface area (Å²) in [6, 6.07) is 5.17. The van der Waals surface area contributed by atoms with Crippen LogP contribution >= 0.6 is 0 Å². The number of amides is 1. The van der Waals surface area contributed by atoms with Crippen molar-refractivity contribution < 1.29 is 18.5 Å². The van der Waals surface area contributed by atoms with Crippen molar-refractivity contribution >= 4 is 5.91 Å². The highest BCUT2D eigenvalue weighted by Gasteiger charge is 2.27. The van der Waals surface area contributed by atoms with E-state index in [2.05, 4.69) is 5.16 Å². The second kappa shape index (κ2) is 6.79. The largest absolute Gasteiger partial charge is 0.461 e. The number of rotatable bonds is 5. The van der Waals surface area contributed by atoms with Crippen LogP contribution in [0, 0.1) is 5.92 Å². The molecule has 0 saturated carbocycles. The number of hydrogen-bond donors (Lipinski definition) is 0. The third-order valence-electron chi connectivity index (χ3n) is 3.86. The maximum Gasteiger partial charge on any atom is 0.276 e. The van der Waals surface area contributed by atoms with Gasteiger partial charge in [0.2, 0.25) is 5.76 Å². The Hall–Kier alpha value is -2.08. The summed E-state index contributed by atoms with van der Waals surface area (Å²) in [5.74, 6) is 1.34. The highest BCUT2D eigenvalue weighted by atomic mass is 16.5. The molecule has 1 unspecified atom stereocenters. The van der Waals surface area contributed by atoms with E-state index in [1.165, 1.54) is 0 Å². The van der Waals surface area contributed by atoms with Crippen LogP contribution < -0.4 is 0 Å². The van der Waals surface area contributed by atoms with Gasteiger partial charge in [-0.2, -0.15) is 0 Å². The summed E-state index contributed by atoms with van der Waals surface area (Å²) in [6.07, 6.45) is 3.65. The Morgan fingerprint density at radius 1 is 1.50 bits per heavy atom. The van der Waals surface area contributed by atoms with Gasteiger partial charge in [0.15, 0.2) is 11.5 Å². The quantitative estimate of drug-likeness (QED) is 0.849. The fourth-order valence-corrected chi connectivity index (χ4v) is 2.74. The lowest BCUT2D eigenvalue weighted by Gasteiger charge is -2.32. The Bertz CT molecular complexity index is 605. The fraction of sp³-hybridized carbons (Fsp3) is 0.500. The van der Waals surface area contributed by atoms with Crippen molar-refractivity contribution in [2.75, 3.05) is 26.3 Å². The zero-order valence-corrected chi connectivity index (χ0v) is 12.7. The second-order valence-corrected chi connectivity index (χ2v) is 5.47. The van der Waals surface area contributed by atoms with E-state index in [0.717, 1.165) is 19.4 Å². The minimum absolute atomic E-state index is 0.0947. The van der Waals surface area contributed by atoms with Crippen LogP contribution in [0.1, 0.15) is 30.3 Å². The molecule has 1 fully saturated rings. The molecule has 0 N–H and O–H groups in total. The van der Waals surface area contributed by atoms with Crippen molar-refractivity contribution in [1.82, 2.24) is 10.1 Å². The summed E-state index contributed by atoms with van der Waals surface area (Å²) in [5.41, 5.74) is 0.323. The Kier molecular flexibility index (Phi) is 4.58. The molecule has 0 bridgehead atoms. The molecule has 0 aliphatic carbocycles. The van der Waals surface area contributed by atoms with Gasteiger partial charge in [-0.3, -0.25) is 4.79 Å². The Labute approximate surface area is 129 Å². The number of nitrogens with zero attached hydrogens (tertiary/aromatic N) is 2. The summed E-state index contributed by atoms with van der Waals surface area (Å²) < 4.78 is 15.9. The average molecular weight is 304 g/mol. The van der Waals surface area contributed by atoms with Gasteiger partial charge in [0.05, 0.1) is 12.9 Å². The van der Waals surface area contributed by atoms with E-state index in [1.807, 2.05) is 11.8 Å². The number of ether oxygens (including phenoxy) is 1. The molecule has 1 atom stereocenters. The van der Waals surface area contributed by atoms with E-state index >= 15 is 0 Å². The van der Waals surface area contributed by atoms with E-state index in [1.54, 1.807) is 24.5 Å². The Morgan fingerprint density at radius 2 is 2.41 bits per heavy atom. The highest BCUT2D eigenvalue weighted by molar-refractivity contribution is 5.93. The number of piperidine rings is 1. The van der Waals surface area contributed by atoms with Crippen molar-refractivity contribution in [3.05, 3.63) is 30.2 Å². The van der Waals surface area contributed by atoms with E-state index in [-0.39, 0.29) is 5.91 Å². The molecule has 3 heterocycles. The van der Waals surface area contributed by atoms with Gasteiger partial charge < -0.3 is 18.6 Å². The van der Waals surface area contributed by atoms with Crippen LogP contribution in [0.5, 0.6) is 0 Å².